The van der Waals surface area contributed by atoms with Gasteiger partial charge in [0.15, 0.2) is 0 Å². The molecule has 0 aliphatic carbocycles. The fraction of sp³-hybridized carbons (Fsp3) is 0.294. The summed E-state index contributed by atoms with van der Waals surface area (Å²) in [6.45, 7) is 2.56. The summed E-state index contributed by atoms with van der Waals surface area (Å²) in [5.74, 6) is 0.793. The number of hydrogen-bond acceptors (Lipinski definition) is 5. The van der Waals surface area contributed by atoms with Crippen LogP contribution in [-0.2, 0) is 11.2 Å². The van der Waals surface area contributed by atoms with E-state index >= 15 is 0 Å². The number of rotatable bonds is 4. The van der Waals surface area contributed by atoms with Gasteiger partial charge in [0, 0.05) is 30.7 Å². The average molecular weight is 438 g/mol. The molecule has 1 aliphatic heterocycles. The predicted octanol–water partition coefficient (Wildman–Crippen LogP) is 2.12. The molecule has 0 spiro atoms. The van der Waals surface area contributed by atoms with Crippen molar-refractivity contribution >= 4 is 45.6 Å². The normalized spacial score (nSPS) is 14.4. The lowest BCUT2D eigenvalue weighted by Gasteiger charge is -2.35. The van der Waals surface area contributed by atoms with Crippen LogP contribution in [0.25, 0.3) is 0 Å². The Balaban J connectivity index is 1.61. The monoisotopic (exact) mass is 436 g/mol. The zero-order valence-corrected chi connectivity index (χ0v) is 16.3. The summed E-state index contributed by atoms with van der Waals surface area (Å²) in [5, 5.41) is 19.9. The van der Waals surface area contributed by atoms with Gasteiger partial charge in [-0.25, -0.2) is 4.68 Å². The van der Waals surface area contributed by atoms with Gasteiger partial charge in [0.05, 0.1) is 11.4 Å². The molecule has 0 bridgehead atoms. The number of benzene rings is 1. The minimum Gasteiger partial charge on any atom is -0.352 e. The highest BCUT2D eigenvalue weighted by molar-refractivity contribution is 9.10. The third-order valence-electron chi connectivity index (χ3n) is 4.27. The molecular weight excluding hydrogens is 420 g/mol. The number of aromatic nitrogens is 2. The third kappa shape index (κ3) is 4.13. The third-order valence-corrected chi connectivity index (χ3v) is 5.48. The zero-order valence-electron chi connectivity index (χ0n) is 14.0. The molecule has 9 heteroatoms. The molecule has 136 valence electrons. The number of nitrogens with one attached hydrogen (secondary N) is 2. The molecular formula is C17H18BrClN6O. The maximum absolute atomic E-state index is 12.5. The Morgan fingerprint density at radius 3 is 2.62 bits per heavy atom. The lowest BCUT2D eigenvalue weighted by molar-refractivity contribution is -0.130. The highest BCUT2D eigenvalue weighted by Crippen LogP contribution is 2.23. The molecule has 2 heterocycles. The van der Waals surface area contributed by atoms with Crippen molar-refractivity contribution in [3.05, 3.63) is 50.9 Å². The summed E-state index contributed by atoms with van der Waals surface area (Å²) in [7, 11) is 0. The van der Waals surface area contributed by atoms with Crippen molar-refractivity contribution in [3.8, 4) is 0 Å². The first-order chi connectivity index (χ1) is 12.5. The largest absolute Gasteiger partial charge is 0.352 e. The minimum absolute atomic E-state index is 0.0860. The standard InChI is InChI=1S/C17H18BrClN6O/c18-13-9-12(1-2-14(13)19)10-17(26)24-7-5-23(6-8-24)16-4-3-15(21)25(11-20)22-16/h1-4,9,11,20-21H,5-8,10H2. The Hall–Kier alpha value is -2.19. The Bertz CT molecular complexity index is 891. The molecule has 1 aliphatic rings. The molecule has 2 aromatic rings. The molecule has 0 atom stereocenters. The molecule has 1 fully saturated rings. The molecule has 1 amide bonds. The molecule has 0 saturated carbocycles. The maximum Gasteiger partial charge on any atom is 0.227 e. The molecule has 1 saturated heterocycles. The number of amides is 1. The van der Waals surface area contributed by atoms with E-state index in [4.69, 9.17) is 22.4 Å². The van der Waals surface area contributed by atoms with Crippen molar-refractivity contribution in [2.24, 2.45) is 0 Å². The number of piperazine rings is 1. The molecule has 26 heavy (non-hydrogen) atoms. The van der Waals surface area contributed by atoms with Crippen LogP contribution in [0.15, 0.2) is 34.8 Å². The van der Waals surface area contributed by atoms with Gasteiger partial charge in [0.1, 0.15) is 17.6 Å². The van der Waals surface area contributed by atoms with Gasteiger partial charge >= 0.3 is 0 Å². The number of carbonyl (C=O) groups is 1. The van der Waals surface area contributed by atoms with Crippen LogP contribution in [0.2, 0.25) is 5.02 Å². The van der Waals surface area contributed by atoms with Crippen LogP contribution in [0.1, 0.15) is 5.56 Å². The van der Waals surface area contributed by atoms with E-state index < -0.39 is 0 Å². The van der Waals surface area contributed by atoms with Crippen molar-refractivity contribution in [1.29, 1.82) is 10.8 Å². The second kappa shape index (κ2) is 8.01. The van der Waals surface area contributed by atoms with Crippen molar-refractivity contribution in [3.63, 3.8) is 0 Å². The lowest BCUT2D eigenvalue weighted by atomic mass is 10.1. The highest BCUT2D eigenvalue weighted by Gasteiger charge is 2.22. The number of halogens is 2. The quantitative estimate of drug-likeness (QED) is 0.567. The smallest absolute Gasteiger partial charge is 0.227 e. The highest BCUT2D eigenvalue weighted by atomic mass is 79.9. The van der Waals surface area contributed by atoms with Crippen molar-refractivity contribution in [1.82, 2.24) is 14.7 Å². The van der Waals surface area contributed by atoms with Gasteiger partial charge in [0.25, 0.3) is 0 Å². The van der Waals surface area contributed by atoms with E-state index in [2.05, 4.69) is 25.9 Å². The summed E-state index contributed by atoms with van der Waals surface area (Å²) in [6, 6.07) is 8.91. The lowest BCUT2D eigenvalue weighted by Crippen LogP contribution is -2.49. The first kappa shape index (κ1) is 18.6. The van der Waals surface area contributed by atoms with Crippen LogP contribution in [0.3, 0.4) is 0 Å². The van der Waals surface area contributed by atoms with E-state index in [9.17, 15) is 4.79 Å². The predicted molar refractivity (Wildman–Crippen MR) is 104 cm³/mol. The first-order valence-corrected chi connectivity index (χ1v) is 9.27. The van der Waals surface area contributed by atoms with Crippen LogP contribution in [0.5, 0.6) is 0 Å². The van der Waals surface area contributed by atoms with Gasteiger partial charge in [-0.15, -0.1) is 5.10 Å². The second-order valence-corrected chi connectivity index (χ2v) is 7.21. The van der Waals surface area contributed by atoms with Gasteiger partial charge in [0.2, 0.25) is 5.91 Å². The zero-order chi connectivity index (χ0) is 18.7. The Labute approximate surface area is 164 Å². The van der Waals surface area contributed by atoms with Gasteiger partial charge in [-0.1, -0.05) is 17.7 Å². The van der Waals surface area contributed by atoms with E-state index in [1.807, 2.05) is 17.0 Å². The van der Waals surface area contributed by atoms with Gasteiger partial charge in [-0.3, -0.25) is 15.6 Å². The van der Waals surface area contributed by atoms with Gasteiger partial charge < -0.3 is 9.80 Å². The van der Waals surface area contributed by atoms with Crippen molar-refractivity contribution in [2.45, 2.75) is 6.42 Å². The molecule has 1 aromatic heterocycles. The van der Waals surface area contributed by atoms with E-state index in [0.29, 0.717) is 43.4 Å². The van der Waals surface area contributed by atoms with Gasteiger partial charge in [-0.2, -0.15) is 0 Å². The Morgan fingerprint density at radius 1 is 1.23 bits per heavy atom. The molecule has 2 N–H and O–H groups in total. The summed E-state index contributed by atoms with van der Waals surface area (Å²) in [5.41, 5.74) is 1.08. The Morgan fingerprint density at radius 2 is 1.96 bits per heavy atom. The van der Waals surface area contributed by atoms with Crippen molar-refractivity contribution in [2.75, 3.05) is 31.1 Å². The number of carbonyl (C=O) groups excluding carboxylic acids is 1. The second-order valence-electron chi connectivity index (χ2n) is 5.94. The first-order valence-electron chi connectivity index (χ1n) is 8.09. The SMILES string of the molecule is N=Cn1nc(N2CCN(C(=O)Cc3ccc(Cl)c(Br)c3)CC2)ccc1=N. The average Bonchev–Trinajstić information content (AvgIpc) is 2.65. The summed E-state index contributed by atoms with van der Waals surface area (Å²) >= 11 is 9.37. The Kier molecular flexibility index (Phi) is 5.73. The molecule has 0 unspecified atom stereocenters. The topological polar surface area (TPSA) is 89.1 Å². The van der Waals surface area contributed by atoms with Gasteiger partial charge in [-0.05, 0) is 45.8 Å². The van der Waals surface area contributed by atoms with Crippen LogP contribution in [0.4, 0.5) is 5.82 Å². The molecule has 7 nitrogen and oxygen atoms in total. The molecule has 1 aromatic carbocycles. The maximum atomic E-state index is 12.5. The van der Waals surface area contributed by atoms with Crippen LogP contribution >= 0.6 is 27.5 Å². The van der Waals surface area contributed by atoms with E-state index in [0.717, 1.165) is 16.4 Å². The molecule has 3 rings (SSSR count). The number of nitrogens with zero attached hydrogens (tertiary/aromatic N) is 4. The fourth-order valence-electron chi connectivity index (χ4n) is 2.82. The summed E-state index contributed by atoms with van der Waals surface area (Å²) in [6.07, 6.45) is 1.35. The fourth-order valence-corrected chi connectivity index (χ4v) is 3.36. The minimum atomic E-state index is 0.0860. The summed E-state index contributed by atoms with van der Waals surface area (Å²) < 4.78 is 2.00. The number of hydrogen-bond donors (Lipinski definition) is 2. The van der Waals surface area contributed by atoms with E-state index in [1.54, 1.807) is 18.2 Å². The molecule has 0 radical (unpaired) electrons. The van der Waals surface area contributed by atoms with Crippen molar-refractivity contribution < 1.29 is 4.79 Å². The summed E-state index contributed by atoms with van der Waals surface area (Å²) in [4.78, 5) is 16.4. The van der Waals surface area contributed by atoms with Crippen LogP contribution < -0.4 is 10.4 Å². The van der Waals surface area contributed by atoms with Crippen LogP contribution in [0, 0.1) is 10.8 Å². The van der Waals surface area contributed by atoms with Crippen LogP contribution in [-0.4, -0.2) is 53.1 Å². The number of anilines is 1. The van der Waals surface area contributed by atoms with E-state index in [-0.39, 0.29) is 11.4 Å². The van der Waals surface area contributed by atoms with E-state index in [1.165, 1.54) is 4.68 Å².